The first-order valence-corrected chi connectivity index (χ1v) is 3.79. The van der Waals surface area contributed by atoms with Gasteiger partial charge in [0.1, 0.15) is 0 Å². The Morgan fingerprint density at radius 1 is 1.50 bits per heavy atom. The second-order valence-electron chi connectivity index (χ2n) is 2.39. The minimum Gasteiger partial charge on any atom is -0.323 e. The molecule has 2 aromatic rings. The van der Waals surface area contributed by atoms with Gasteiger partial charge in [0.15, 0.2) is 0 Å². The lowest BCUT2D eigenvalue weighted by Crippen LogP contribution is -2.07. The third-order valence-electron chi connectivity index (χ3n) is 1.58. The molecule has 0 spiro atoms. The molecule has 1 aromatic carbocycles. The fourth-order valence-electron chi connectivity index (χ4n) is 1.05. The molecular formula is C7H7ClN4. The molecule has 0 radical (unpaired) electrons. The SMILES string of the molecule is NNc1nc2ccc(Cl)cc2[nH]1. The van der Waals surface area contributed by atoms with Gasteiger partial charge in [-0.2, -0.15) is 0 Å². The molecule has 5 heteroatoms. The van der Waals surface area contributed by atoms with E-state index in [9.17, 15) is 0 Å². The Morgan fingerprint density at radius 3 is 3.08 bits per heavy atom. The second-order valence-corrected chi connectivity index (χ2v) is 2.83. The maximum atomic E-state index is 5.77. The van der Waals surface area contributed by atoms with Crippen molar-refractivity contribution >= 4 is 28.6 Å². The van der Waals surface area contributed by atoms with Gasteiger partial charge in [0, 0.05) is 5.02 Å². The van der Waals surface area contributed by atoms with Crippen LogP contribution < -0.4 is 11.3 Å². The van der Waals surface area contributed by atoms with Gasteiger partial charge in [0.2, 0.25) is 5.95 Å². The van der Waals surface area contributed by atoms with E-state index in [1.54, 1.807) is 12.1 Å². The summed E-state index contributed by atoms with van der Waals surface area (Å²) in [5, 5.41) is 0.676. The average Bonchev–Trinajstić information content (AvgIpc) is 2.46. The van der Waals surface area contributed by atoms with E-state index in [2.05, 4.69) is 15.4 Å². The van der Waals surface area contributed by atoms with E-state index in [-0.39, 0.29) is 0 Å². The summed E-state index contributed by atoms with van der Waals surface area (Å²) in [6.45, 7) is 0. The standard InChI is InChI=1S/C7H7ClN4/c8-4-1-2-5-6(3-4)11-7(10-5)12-9/h1-3H,9H2,(H2,10,11,12). The number of hydrazine groups is 1. The number of nitrogens with zero attached hydrogens (tertiary/aromatic N) is 1. The first kappa shape index (κ1) is 7.39. The van der Waals surface area contributed by atoms with E-state index in [1.165, 1.54) is 0 Å². The second kappa shape index (κ2) is 2.66. The molecule has 62 valence electrons. The van der Waals surface area contributed by atoms with Crippen molar-refractivity contribution in [3.63, 3.8) is 0 Å². The van der Waals surface area contributed by atoms with Crippen molar-refractivity contribution in [2.45, 2.75) is 0 Å². The van der Waals surface area contributed by atoms with Crippen LogP contribution in [-0.2, 0) is 0 Å². The summed E-state index contributed by atoms with van der Waals surface area (Å²) in [6.07, 6.45) is 0. The number of aromatic nitrogens is 2. The third-order valence-corrected chi connectivity index (χ3v) is 1.82. The maximum absolute atomic E-state index is 5.77. The molecule has 0 bridgehead atoms. The number of anilines is 1. The summed E-state index contributed by atoms with van der Waals surface area (Å²) in [6, 6.07) is 5.41. The number of nitrogens with one attached hydrogen (secondary N) is 2. The van der Waals surface area contributed by atoms with Gasteiger partial charge in [0.05, 0.1) is 11.0 Å². The largest absolute Gasteiger partial charge is 0.323 e. The molecule has 0 fully saturated rings. The Bertz CT molecular complexity index is 409. The number of hydrogen-bond donors (Lipinski definition) is 3. The van der Waals surface area contributed by atoms with Crippen LogP contribution in [-0.4, -0.2) is 9.97 Å². The van der Waals surface area contributed by atoms with Crippen LogP contribution in [0.5, 0.6) is 0 Å². The van der Waals surface area contributed by atoms with Gasteiger partial charge in [-0.25, -0.2) is 10.8 Å². The zero-order chi connectivity index (χ0) is 8.55. The molecule has 0 saturated heterocycles. The van der Waals surface area contributed by atoms with Crippen LogP contribution >= 0.6 is 11.6 Å². The molecule has 1 heterocycles. The Kier molecular flexibility index (Phi) is 1.64. The predicted molar refractivity (Wildman–Crippen MR) is 48.9 cm³/mol. The first-order valence-electron chi connectivity index (χ1n) is 3.41. The van der Waals surface area contributed by atoms with Crippen molar-refractivity contribution < 1.29 is 0 Å². The van der Waals surface area contributed by atoms with Gasteiger partial charge in [-0.05, 0) is 18.2 Å². The molecule has 0 atom stereocenters. The lowest BCUT2D eigenvalue weighted by atomic mass is 10.3. The normalized spacial score (nSPS) is 10.5. The number of rotatable bonds is 1. The van der Waals surface area contributed by atoms with E-state index in [0.29, 0.717) is 11.0 Å². The fourth-order valence-corrected chi connectivity index (χ4v) is 1.22. The highest BCUT2D eigenvalue weighted by atomic mass is 35.5. The van der Waals surface area contributed by atoms with E-state index in [1.807, 2.05) is 6.07 Å². The number of H-pyrrole nitrogens is 1. The van der Waals surface area contributed by atoms with Crippen molar-refractivity contribution in [3.8, 4) is 0 Å². The summed E-state index contributed by atoms with van der Waals surface area (Å²) in [5.41, 5.74) is 4.14. The summed E-state index contributed by atoms with van der Waals surface area (Å²) in [4.78, 5) is 7.08. The van der Waals surface area contributed by atoms with Crippen LogP contribution in [0.15, 0.2) is 18.2 Å². The molecule has 4 nitrogen and oxygen atoms in total. The van der Waals surface area contributed by atoms with Crippen LogP contribution in [0.25, 0.3) is 11.0 Å². The van der Waals surface area contributed by atoms with Gasteiger partial charge in [-0.15, -0.1) is 0 Å². The van der Waals surface area contributed by atoms with Crippen LogP contribution in [0.4, 0.5) is 5.95 Å². The topological polar surface area (TPSA) is 66.7 Å². The van der Waals surface area contributed by atoms with Crippen molar-refractivity contribution in [2.75, 3.05) is 5.43 Å². The maximum Gasteiger partial charge on any atom is 0.215 e. The number of nitrogens with two attached hydrogens (primary N) is 1. The zero-order valence-corrected chi connectivity index (χ0v) is 6.89. The smallest absolute Gasteiger partial charge is 0.215 e. The summed E-state index contributed by atoms with van der Waals surface area (Å²) >= 11 is 5.77. The van der Waals surface area contributed by atoms with Gasteiger partial charge >= 0.3 is 0 Å². The molecule has 0 aliphatic rings. The first-order chi connectivity index (χ1) is 5.79. The number of benzene rings is 1. The van der Waals surface area contributed by atoms with Gasteiger partial charge in [-0.1, -0.05) is 11.6 Å². The van der Waals surface area contributed by atoms with E-state index >= 15 is 0 Å². The monoisotopic (exact) mass is 182 g/mol. The van der Waals surface area contributed by atoms with Crippen molar-refractivity contribution in [3.05, 3.63) is 23.2 Å². The van der Waals surface area contributed by atoms with Gasteiger partial charge < -0.3 is 4.98 Å². The van der Waals surface area contributed by atoms with Crippen LogP contribution in [0.2, 0.25) is 5.02 Å². The number of halogens is 1. The van der Waals surface area contributed by atoms with E-state index in [4.69, 9.17) is 17.4 Å². The predicted octanol–water partition coefficient (Wildman–Crippen LogP) is 1.50. The molecular weight excluding hydrogens is 176 g/mol. The Labute approximate surface area is 73.7 Å². The molecule has 4 N–H and O–H groups in total. The van der Waals surface area contributed by atoms with Gasteiger partial charge in [-0.3, -0.25) is 5.43 Å². The molecule has 0 amide bonds. The lowest BCUT2D eigenvalue weighted by Gasteiger charge is -1.87. The number of imidazole rings is 1. The van der Waals surface area contributed by atoms with Crippen molar-refractivity contribution in [2.24, 2.45) is 5.84 Å². The Morgan fingerprint density at radius 2 is 2.33 bits per heavy atom. The minimum absolute atomic E-state index is 0.535. The quantitative estimate of drug-likeness (QED) is 0.463. The summed E-state index contributed by atoms with van der Waals surface area (Å²) in [5.74, 6) is 5.71. The average molecular weight is 183 g/mol. The Balaban J connectivity index is 2.67. The summed E-state index contributed by atoms with van der Waals surface area (Å²) in [7, 11) is 0. The highest BCUT2D eigenvalue weighted by molar-refractivity contribution is 6.31. The van der Waals surface area contributed by atoms with Crippen molar-refractivity contribution in [1.82, 2.24) is 9.97 Å². The van der Waals surface area contributed by atoms with E-state index in [0.717, 1.165) is 11.0 Å². The molecule has 2 rings (SSSR count). The molecule has 1 aromatic heterocycles. The van der Waals surface area contributed by atoms with Crippen LogP contribution in [0, 0.1) is 0 Å². The molecule has 12 heavy (non-hydrogen) atoms. The molecule has 0 aliphatic heterocycles. The van der Waals surface area contributed by atoms with Crippen LogP contribution in [0.3, 0.4) is 0 Å². The zero-order valence-electron chi connectivity index (χ0n) is 6.13. The van der Waals surface area contributed by atoms with Gasteiger partial charge in [0.25, 0.3) is 0 Å². The number of hydrogen-bond acceptors (Lipinski definition) is 3. The molecule has 0 aliphatic carbocycles. The molecule has 0 saturated carbocycles. The third kappa shape index (κ3) is 1.11. The lowest BCUT2D eigenvalue weighted by molar-refractivity contribution is 1.21. The highest BCUT2D eigenvalue weighted by Gasteiger charge is 2.00. The van der Waals surface area contributed by atoms with E-state index < -0.39 is 0 Å². The number of nitrogen functional groups attached to an aromatic ring is 1. The summed E-state index contributed by atoms with van der Waals surface area (Å²) < 4.78 is 0. The number of fused-ring (bicyclic) bond motifs is 1. The highest BCUT2D eigenvalue weighted by Crippen LogP contribution is 2.18. The van der Waals surface area contributed by atoms with Crippen molar-refractivity contribution in [1.29, 1.82) is 0 Å². The Hall–Kier alpha value is -1.26. The van der Waals surface area contributed by atoms with Crippen LogP contribution in [0.1, 0.15) is 0 Å². The minimum atomic E-state index is 0.535. The fraction of sp³-hybridized carbons (Fsp3) is 0. The number of aromatic amines is 1. The molecule has 0 unspecified atom stereocenters.